The minimum absolute atomic E-state index is 0.106. The highest BCUT2D eigenvalue weighted by Gasteiger charge is 2.26. The molecular formula is C13H14N2O5. The first-order valence-corrected chi connectivity index (χ1v) is 5.98. The Labute approximate surface area is 115 Å². The Morgan fingerprint density at radius 2 is 1.95 bits per heavy atom. The molecule has 106 valence electrons. The molecule has 0 unspecified atom stereocenters. The molecule has 3 amide bonds. The van der Waals surface area contributed by atoms with E-state index in [9.17, 15) is 14.4 Å². The van der Waals surface area contributed by atoms with Crippen molar-refractivity contribution >= 4 is 23.4 Å². The number of anilines is 1. The van der Waals surface area contributed by atoms with Crippen LogP contribution in [0.5, 0.6) is 0 Å². The largest absolute Gasteiger partial charge is 0.382 e. The van der Waals surface area contributed by atoms with E-state index in [0.717, 1.165) is 0 Å². The van der Waals surface area contributed by atoms with Gasteiger partial charge in [0, 0.05) is 12.8 Å². The van der Waals surface area contributed by atoms with Crippen molar-refractivity contribution in [3.05, 3.63) is 29.3 Å². The highest BCUT2D eigenvalue weighted by atomic mass is 16.5. The van der Waals surface area contributed by atoms with Crippen molar-refractivity contribution in [1.82, 2.24) is 5.32 Å². The van der Waals surface area contributed by atoms with Crippen molar-refractivity contribution in [3.8, 4) is 0 Å². The number of imide groups is 1. The van der Waals surface area contributed by atoms with Crippen molar-refractivity contribution in [2.75, 3.05) is 32.2 Å². The number of carbonyl (C=O) groups excluding carboxylic acids is 3. The van der Waals surface area contributed by atoms with Gasteiger partial charge in [-0.2, -0.15) is 0 Å². The van der Waals surface area contributed by atoms with Crippen molar-refractivity contribution < 1.29 is 23.9 Å². The summed E-state index contributed by atoms with van der Waals surface area (Å²) in [7, 11) is 1.54. The van der Waals surface area contributed by atoms with Gasteiger partial charge in [-0.05, 0) is 18.2 Å². The minimum atomic E-state index is -0.461. The monoisotopic (exact) mass is 278 g/mol. The van der Waals surface area contributed by atoms with Crippen LogP contribution >= 0.6 is 0 Å². The summed E-state index contributed by atoms with van der Waals surface area (Å²) in [6, 6.07) is 4.52. The van der Waals surface area contributed by atoms with Gasteiger partial charge in [0.1, 0.15) is 6.61 Å². The SMILES string of the molecule is COCCOCC(=O)Nc1ccc2c(c1)C(=O)NC2=O. The molecule has 0 aromatic heterocycles. The quantitative estimate of drug-likeness (QED) is 0.571. The van der Waals surface area contributed by atoms with Gasteiger partial charge < -0.3 is 14.8 Å². The van der Waals surface area contributed by atoms with Gasteiger partial charge >= 0.3 is 0 Å². The van der Waals surface area contributed by atoms with E-state index in [0.29, 0.717) is 24.5 Å². The lowest BCUT2D eigenvalue weighted by atomic mass is 10.1. The number of hydrogen-bond acceptors (Lipinski definition) is 5. The molecule has 1 aliphatic rings. The Balaban J connectivity index is 1.94. The summed E-state index contributed by atoms with van der Waals surface area (Å²) < 4.78 is 9.85. The van der Waals surface area contributed by atoms with Crippen LogP contribution in [0.2, 0.25) is 0 Å². The van der Waals surface area contributed by atoms with Crippen molar-refractivity contribution in [2.24, 2.45) is 0 Å². The van der Waals surface area contributed by atoms with Gasteiger partial charge in [-0.3, -0.25) is 19.7 Å². The maximum atomic E-state index is 11.6. The average molecular weight is 278 g/mol. The number of carbonyl (C=O) groups is 3. The summed E-state index contributed by atoms with van der Waals surface area (Å²) in [6.07, 6.45) is 0. The summed E-state index contributed by atoms with van der Waals surface area (Å²) in [6.45, 7) is 0.630. The van der Waals surface area contributed by atoms with Crippen LogP contribution < -0.4 is 10.6 Å². The van der Waals surface area contributed by atoms with Crippen molar-refractivity contribution in [1.29, 1.82) is 0 Å². The van der Waals surface area contributed by atoms with Crippen LogP contribution in [0, 0.1) is 0 Å². The number of methoxy groups -OCH3 is 1. The zero-order valence-electron chi connectivity index (χ0n) is 10.9. The van der Waals surface area contributed by atoms with E-state index in [4.69, 9.17) is 9.47 Å². The molecule has 0 bridgehead atoms. The predicted octanol–water partition coefficient (Wildman–Crippen LogP) is 0.172. The van der Waals surface area contributed by atoms with E-state index in [2.05, 4.69) is 10.6 Å². The Bertz CT molecular complexity index is 556. The lowest BCUT2D eigenvalue weighted by molar-refractivity contribution is -0.121. The van der Waals surface area contributed by atoms with Gasteiger partial charge in [-0.1, -0.05) is 0 Å². The molecule has 2 rings (SSSR count). The van der Waals surface area contributed by atoms with E-state index >= 15 is 0 Å². The van der Waals surface area contributed by atoms with Crippen LogP contribution in [0.25, 0.3) is 0 Å². The average Bonchev–Trinajstić information content (AvgIpc) is 2.70. The van der Waals surface area contributed by atoms with Crippen LogP contribution in [0.1, 0.15) is 20.7 Å². The van der Waals surface area contributed by atoms with Gasteiger partial charge in [0.05, 0.1) is 24.3 Å². The molecule has 1 heterocycles. The Hall–Kier alpha value is -2.25. The molecule has 0 atom stereocenters. The number of benzene rings is 1. The van der Waals surface area contributed by atoms with Gasteiger partial charge in [0.2, 0.25) is 5.91 Å². The zero-order chi connectivity index (χ0) is 14.5. The molecule has 0 radical (unpaired) electrons. The molecule has 0 fully saturated rings. The second-order valence-electron chi connectivity index (χ2n) is 4.14. The third-order valence-electron chi connectivity index (χ3n) is 2.68. The second-order valence-corrected chi connectivity index (χ2v) is 4.14. The summed E-state index contributed by atoms with van der Waals surface area (Å²) in [4.78, 5) is 34.4. The van der Waals surface area contributed by atoms with Gasteiger partial charge in [0.15, 0.2) is 0 Å². The molecule has 1 aromatic carbocycles. The van der Waals surface area contributed by atoms with Crippen LogP contribution in [0.4, 0.5) is 5.69 Å². The first-order chi connectivity index (χ1) is 9.61. The second kappa shape index (κ2) is 6.27. The minimum Gasteiger partial charge on any atom is -0.382 e. The van der Waals surface area contributed by atoms with E-state index in [1.54, 1.807) is 13.2 Å². The maximum absolute atomic E-state index is 11.6. The van der Waals surface area contributed by atoms with Gasteiger partial charge in [-0.15, -0.1) is 0 Å². The molecule has 0 saturated carbocycles. The van der Waals surface area contributed by atoms with E-state index in [1.165, 1.54) is 12.1 Å². The van der Waals surface area contributed by atoms with E-state index in [-0.39, 0.29) is 18.1 Å². The standard InChI is InChI=1S/C13H14N2O5/c1-19-4-5-20-7-11(16)14-8-2-3-9-10(6-8)13(18)15-12(9)17/h2-3,6H,4-5,7H2,1H3,(H,14,16)(H,15,17,18). The normalized spacial score (nSPS) is 13.1. The first-order valence-electron chi connectivity index (χ1n) is 5.98. The highest BCUT2D eigenvalue weighted by molar-refractivity contribution is 6.22. The number of rotatable bonds is 6. The zero-order valence-corrected chi connectivity index (χ0v) is 10.9. The van der Waals surface area contributed by atoms with Crippen LogP contribution in [0.15, 0.2) is 18.2 Å². The molecule has 0 spiro atoms. The molecule has 7 heteroatoms. The number of amides is 3. The summed E-state index contributed by atoms with van der Waals surface area (Å²) in [5, 5.41) is 4.77. The number of ether oxygens (including phenoxy) is 2. The fourth-order valence-electron chi connectivity index (χ4n) is 1.75. The van der Waals surface area contributed by atoms with Gasteiger partial charge in [0.25, 0.3) is 11.8 Å². The lowest BCUT2D eigenvalue weighted by Gasteiger charge is -2.06. The number of fused-ring (bicyclic) bond motifs is 1. The maximum Gasteiger partial charge on any atom is 0.259 e. The van der Waals surface area contributed by atoms with Crippen molar-refractivity contribution in [3.63, 3.8) is 0 Å². The van der Waals surface area contributed by atoms with Crippen LogP contribution in [-0.4, -0.2) is 44.7 Å². The Morgan fingerprint density at radius 3 is 2.70 bits per heavy atom. The number of hydrogen-bond donors (Lipinski definition) is 2. The molecule has 1 aromatic rings. The molecular weight excluding hydrogens is 264 g/mol. The molecule has 1 aliphatic heterocycles. The molecule has 0 saturated heterocycles. The first kappa shape index (κ1) is 14.2. The Kier molecular flexibility index (Phi) is 4.44. The van der Waals surface area contributed by atoms with Crippen molar-refractivity contribution in [2.45, 2.75) is 0 Å². The lowest BCUT2D eigenvalue weighted by Crippen LogP contribution is -2.20. The molecule has 7 nitrogen and oxygen atoms in total. The fourth-order valence-corrected chi connectivity index (χ4v) is 1.75. The Morgan fingerprint density at radius 1 is 1.20 bits per heavy atom. The molecule has 0 aliphatic carbocycles. The van der Waals surface area contributed by atoms with Gasteiger partial charge in [-0.25, -0.2) is 0 Å². The van der Waals surface area contributed by atoms with E-state index in [1.807, 2.05) is 0 Å². The summed E-state index contributed by atoms with van der Waals surface area (Å²) in [5.41, 5.74) is 1.01. The molecule has 20 heavy (non-hydrogen) atoms. The topological polar surface area (TPSA) is 93.7 Å². The summed E-state index contributed by atoms with van der Waals surface area (Å²) >= 11 is 0. The van der Waals surface area contributed by atoms with Crippen LogP contribution in [-0.2, 0) is 14.3 Å². The predicted molar refractivity (Wildman–Crippen MR) is 69.6 cm³/mol. The van der Waals surface area contributed by atoms with E-state index < -0.39 is 11.8 Å². The third-order valence-corrected chi connectivity index (χ3v) is 2.68. The molecule has 2 N–H and O–H groups in total. The summed E-state index contributed by atoms with van der Waals surface area (Å²) in [5.74, 6) is -1.23. The third kappa shape index (κ3) is 3.19. The smallest absolute Gasteiger partial charge is 0.259 e. The van der Waals surface area contributed by atoms with Crippen LogP contribution in [0.3, 0.4) is 0 Å². The fraction of sp³-hybridized carbons (Fsp3) is 0.308. The highest BCUT2D eigenvalue weighted by Crippen LogP contribution is 2.20. The number of nitrogens with one attached hydrogen (secondary N) is 2.